The van der Waals surface area contributed by atoms with Crippen LogP contribution in [0.4, 0.5) is 10.5 Å². The van der Waals surface area contributed by atoms with Gasteiger partial charge >= 0.3 is 6.03 Å². The highest BCUT2D eigenvalue weighted by atomic mass is 32.2. The van der Waals surface area contributed by atoms with E-state index in [0.717, 1.165) is 28.2 Å². The number of hydrogen-bond acceptors (Lipinski definition) is 6. The van der Waals surface area contributed by atoms with Crippen molar-refractivity contribution in [1.82, 2.24) is 10.2 Å². The van der Waals surface area contributed by atoms with Gasteiger partial charge in [0, 0.05) is 16.1 Å². The lowest BCUT2D eigenvalue weighted by Crippen LogP contribution is -2.49. The summed E-state index contributed by atoms with van der Waals surface area (Å²) in [5.74, 6) is -1.00. The van der Waals surface area contributed by atoms with Gasteiger partial charge in [-0.1, -0.05) is 18.2 Å². The Hall–Kier alpha value is -2.72. The number of imide groups is 1. The normalized spacial score (nSPS) is 26.2. The number of thiophene rings is 1. The van der Waals surface area contributed by atoms with E-state index >= 15 is 0 Å². The molecular formula is C22H23N3O5S2. The van der Waals surface area contributed by atoms with E-state index in [1.807, 2.05) is 11.4 Å². The van der Waals surface area contributed by atoms with E-state index in [1.54, 1.807) is 41.7 Å². The third-order valence-corrected chi connectivity index (χ3v) is 9.24. The number of anilines is 1. The van der Waals surface area contributed by atoms with Crippen LogP contribution in [0.15, 0.2) is 41.8 Å². The highest BCUT2D eigenvalue weighted by Crippen LogP contribution is 2.42. The lowest BCUT2D eigenvalue weighted by Gasteiger charge is -2.32. The fourth-order valence-corrected chi connectivity index (χ4v) is 7.72. The van der Waals surface area contributed by atoms with Gasteiger partial charge in [0.15, 0.2) is 9.84 Å². The van der Waals surface area contributed by atoms with Gasteiger partial charge in [-0.3, -0.25) is 14.5 Å². The molecule has 168 valence electrons. The second-order valence-electron chi connectivity index (χ2n) is 8.49. The number of carbonyl (C=O) groups is 3. The molecule has 0 bridgehead atoms. The zero-order valence-electron chi connectivity index (χ0n) is 17.3. The summed E-state index contributed by atoms with van der Waals surface area (Å²) in [4.78, 5) is 43.2. The van der Waals surface area contributed by atoms with E-state index in [-0.39, 0.29) is 11.5 Å². The molecule has 8 nitrogen and oxygen atoms in total. The molecule has 2 aliphatic heterocycles. The molecule has 4 amide bonds. The van der Waals surface area contributed by atoms with Crippen molar-refractivity contribution >= 4 is 44.7 Å². The fraction of sp³-hybridized carbons (Fsp3) is 0.409. The fourth-order valence-electron chi connectivity index (χ4n) is 5.02. The lowest BCUT2D eigenvalue weighted by molar-refractivity contribution is -0.135. The topological polar surface area (TPSA) is 104 Å². The molecule has 2 fully saturated rings. The van der Waals surface area contributed by atoms with Crippen LogP contribution in [0.5, 0.6) is 0 Å². The predicted molar refractivity (Wildman–Crippen MR) is 120 cm³/mol. The van der Waals surface area contributed by atoms with Gasteiger partial charge < -0.3 is 10.2 Å². The summed E-state index contributed by atoms with van der Waals surface area (Å²) in [5, 5.41) is 4.77. The molecular weight excluding hydrogens is 450 g/mol. The maximum absolute atomic E-state index is 13.5. The summed E-state index contributed by atoms with van der Waals surface area (Å²) >= 11 is 1.57. The molecule has 5 rings (SSSR count). The van der Waals surface area contributed by atoms with E-state index < -0.39 is 45.8 Å². The first-order valence-electron chi connectivity index (χ1n) is 10.6. The molecule has 1 spiro atoms. The van der Waals surface area contributed by atoms with Gasteiger partial charge in [-0.15, -0.1) is 11.3 Å². The Morgan fingerprint density at radius 2 is 2.00 bits per heavy atom. The number of hydrogen-bond donors (Lipinski definition) is 1. The Balaban J connectivity index is 1.43. The Labute approximate surface area is 190 Å². The van der Waals surface area contributed by atoms with Crippen molar-refractivity contribution in [2.75, 3.05) is 23.0 Å². The molecule has 1 aromatic carbocycles. The molecule has 2 atom stereocenters. The van der Waals surface area contributed by atoms with Crippen molar-refractivity contribution in [3.05, 3.63) is 52.2 Å². The molecule has 2 saturated heterocycles. The number of carbonyl (C=O) groups excluding carboxylic acids is 3. The number of fused-ring (bicyclic) bond motifs is 2. The van der Waals surface area contributed by atoms with Crippen molar-refractivity contribution < 1.29 is 22.8 Å². The van der Waals surface area contributed by atoms with Crippen LogP contribution in [-0.2, 0) is 31.4 Å². The van der Waals surface area contributed by atoms with Crippen LogP contribution in [0.1, 0.15) is 29.7 Å². The summed E-state index contributed by atoms with van der Waals surface area (Å²) in [5.41, 5.74) is 0.266. The van der Waals surface area contributed by atoms with Gasteiger partial charge in [0.2, 0.25) is 5.91 Å². The average molecular weight is 474 g/mol. The van der Waals surface area contributed by atoms with Crippen LogP contribution in [0, 0.1) is 0 Å². The quantitative estimate of drug-likeness (QED) is 0.685. The van der Waals surface area contributed by atoms with Crippen molar-refractivity contribution in [1.29, 1.82) is 0 Å². The first-order chi connectivity index (χ1) is 15.3. The van der Waals surface area contributed by atoms with Crippen LogP contribution >= 0.6 is 11.3 Å². The Bertz CT molecular complexity index is 1190. The highest BCUT2D eigenvalue weighted by Gasteiger charge is 2.55. The van der Waals surface area contributed by atoms with Crippen LogP contribution < -0.4 is 10.2 Å². The maximum Gasteiger partial charge on any atom is 0.325 e. The number of rotatable bonds is 4. The average Bonchev–Trinajstić information content (AvgIpc) is 3.44. The minimum Gasteiger partial charge on any atom is -0.319 e. The number of benzene rings is 1. The minimum absolute atomic E-state index is 0.0153. The zero-order valence-corrected chi connectivity index (χ0v) is 19.0. The molecule has 2 aromatic rings. The molecule has 2 unspecified atom stereocenters. The smallest absolute Gasteiger partial charge is 0.319 e. The van der Waals surface area contributed by atoms with Gasteiger partial charge in [0.05, 0.1) is 17.5 Å². The SMILES string of the molecule is O=C1NC2(CCCc3sccc32)C(=O)N1CC(=O)N(c1ccccc1)C1CCS(=O)(=O)C1. The van der Waals surface area contributed by atoms with Crippen LogP contribution in [0.25, 0.3) is 0 Å². The van der Waals surface area contributed by atoms with Crippen LogP contribution in [0.2, 0.25) is 0 Å². The first kappa shape index (κ1) is 21.1. The molecule has 10 heteroatoms. The maximum atomic E-state index is 13.5. The van der Waals surface area contributed by atoms with Crippen molar-refractivity contribution in [2.45, 2.75) is 37.3 Å². The van der Waals surface area contributed by atoms with Crippen LogP contribution in [0.3, 0.4) is 0 Å². The largest absolute Gasteiger partial charge is 0.325 e. The number of nitrogens with zero attached hydrogens (tertiary/aromatic N) is 2. The highest BCUT2D eigenvalue weighted by molar-refractivity contribution is 7.91. The van der Waals surface area contributed by atoms with E-state index in [1.165, 1.54) is 4.90 Å². The van der Waals surface area contributed by atoms with Crippen molar-refractivity contribution in [3.63, 3.8) is 0 Å². The van der Waals surface area contributed by atoms with Crippen LogP contribution in [-0.4, -0.2) is 55.3 Å². The zero-order chi connectivity index (χ0) is 22.5. The molecule has 0 radical (unpaired) electrons. The van der Waals surface area contributed by atoms with Gasteiger partial charge in [-0.25, -0.2) is 13.2 Å². The molecule has 1 aromatic heterocycles. The van der Waals surface area contributed by atoms with E-state index in [0.29, 0.717) is 18.5 Å². The Kier molecular flexibility index (Phi) is 5.09. The number of amides is 4. The number of para-hydroxylation sites is 1. The second kappa shape index (κ2) is 7.70. The van der Waals surface area contributed by atoms with E-state index in [2.05, 4.69) is 5.32 Å². The molecule has 0 saturated carbocycles. The minimum atomic E-state index is -3.23. The summed E-state index contributed by atoms with van der Waals surface area (Å²) < 4.78 is 24.2. The number of aryl methyl sites for hydroxylation is 1. The van der Waals surface area contributed by atoms with Crippen molar-refractivity contribution in [3.8, 4) is 0 Å². The number of urea groups is 1. The third kappa shape index (κ3) is 3.41. The predicted octanol–water partition coefficient (Wildman–Crippen LogP) is 2.05. The van der Waals surface area contributed by atoms with E-state index in [4.69, 9.17) is 0 Å². The van der Waals surface area contributed by atoms with Crippen molar-refractivity contribution in [2.24, 2.45) is 0 Å². The Morgan fingerprint density at radius 3 is 2.72 bits per heavy atom. The standard InChI is InChI=1S/C22H23N3O5S2/c26-19(25(15-5-2-1-3-6-15)16-9-12-32(29,30)14-16)13-24-20(27)22(23-21(24)28)10-4-7-18-17(22)8-11-31-18/h1-3,5-6,8,11,16H,4,7,9-10,12-14H2,(H,23,28). The summed E-state index contributed by atoms with van der Waals surface area (Å²) in [6, 6.07) is 9.56. The molecule has 32 heavy (non-hydrogen) atoms. The molecule has 1 N–H and O–H groups in total. The lowest BCUT2D eigenvalue weighted by atomic mass is 9.80. The van der Waals surface area contributed by atoms with Gasteiger partial charge in [-0.05, 0) is 49.3 Å². The number of nitrogens with one attached hydrogen (secondary N) is 1. The van der Waals surface area contributed by atoms with Gasteiger partial charge in [-0.2, -0.15) is 0 Å². The van der Waals surface area contributed by atoms with E-state index in [9.17, 15) is 22.8 Å². The molecule has 3 heterocycles. The summed E-state index contributed by atoms with van der Waals surface area (Å²) in [6.07, 6.45) is 2.47. The number of sulfone groups is 1. The third-order valence-electron chi connectivity index (χ3n) is 6.51. The molecule has 3 aliphatic rings. The summed E-state index contributed by atoms with van der Waals surface area (Å²) in [6.45, 7) is -0.433. The molecule has 1 aliphatic carbocycles. The Morgan fingerprint density at radius 1 is 1.22 bits per heavy atom. The monoisotopic (exact) mass is 473 g/mol. The van der Waals surface area contributed by atoms with Gasteiger partial charge in [0.1, 0.15) is 12.1 Å². The van der Waals surface area contributed by atoms with Gasteiger partial charge in [0.25, 0.3) is 5.91 Å². The summed E-state index contributed by atoms with van der Waals surface area (Å²) in [7, 11) is -3.23. The second-order valence-corrected chi connectivity index (χ2v) is 11.7. The first-order valence-corrected chi connectivity index (χ1v) is 13.3.